The molecule has 0 unspecified atom stereocenters. The minimum absolute atomic E-state index is 0.117. The maximum Gasteiger partial charge on any atom is 0.189 e. The van der Waals surface area contributed by atoms with E-state index in [-0.39, 0.29) is 6.04 Å². The molecule has 0 radical (unpaired) electrons. The van der Waals surface area contributed by atoms with Crippen molar-refractivity contribution in [3.05, 3.63) is 22.4 Å². The molecule has 15 heavy (non-hydrogen) atoms. The number of hydrogen-bond acceptors (Lipinski definition) is 3. The van der Waals surface area contributed by atoms with Gasteiger partial charge in [-0.15, -0.1) is 11.3 Å². The quantitative estimate of drug-likeness (QED) is 0.732. The van der Waals surface area contributed by atoms with Gasteiger partial charge in [-0.05, 0) is 43.8 Å². The van der Waals surface area contributed by atoms with Crippen molar-refractivity contribution in [3.8, 4) is 0 Å². The third kappa shape index (κ3) is 2.29. The summed E-state index contributed by atoms with van der Waals surface area (Å²) in [7, 11) is 0. The van der Waals surface area contributed by atoms with Crippen LogP contribution in [0.5, 0.6) is 0 Å². The Labute approximate surface area is 94.9 Å². The van der Waals surface area contributed by atoms with Crippen molar-refractivity contribution in [2.75, 3.05) is 13.1 Å². The van der Waals surface area contributed by atoms with Gasteiger partial charge in [-0.25, -0.2) is 0 Å². The van der Waals surface area contributed by atoms with Gasteiger partial charge in [0.15, 0.2) is 5.78 Å². The Balaban J connectivity index is 2.09. The number of thiophene rings is 1. The van der Waals surface area contributed by atoms with Gasteiger partial charge >= 0.3 is 0 Å². The zero-order chi connectivity index (χ0) is 10.7. The maximum absolute atomic E-state index is 12.2. The molecule has 0 amide bonds. The lowest BCUT2D eigenvalue weighted by Crippen LogP contribution is -2.38. The highest BCUT2D eigenvalue weighted by Gasteiger charge is 2.27. The maximum atomic E-state index is 12.2. The Morgan fingerprint density at radius 3 is 2.80 bits per heavy atom. The van der Waals surface area contributed by atoms with Crippen LogP contribution < -0.4 is 0 Å². The number of hydrogen-bond donors (Lipinski definition) is 0. The lowest BCUT2D eigenvalue weighted by Gasteiger charge is -2.24. The molecule has 0 N–H and O–H groups in total. The zero-order valence-electron chi connectivity index (χ0n) is 9.11. The Kier molecular flexibility index (Phi) is 3.54. The molecule has 82 valence electrons. The second kappa shape index (κ2) is 4.90. The first-order valence-electron chi connectivity index (χ1n) is 5.64. The van der Waals surface area contributed by atoms with Crippen LogP contribution in [0.25, 0.3) is 0 Å². The Morgan fingerprint density at radius 1 is 1.53 bits per heavy atom. The fourth-order valence-electron chi connectivity index (χ4n) is 2.25. The molecule has 0 aromatic carbocycles. The van der Waals surface area contributed by atoms with Gasteiger partial charge in [0.25, 0.3) is 0 Å². The SMILES string of the molecule is CC[C@H](C(=O)c1cccs1)N1CCCC1. The summed E-state index contributed by atoms with van der Waals surface area (Å²) in [6, 6.07) is 4.01. The number of Topliss-reactive ketones (excluding diaryl/α,β-unsaturated/α-hetero) is 1. The number of carbonyl (C=O) groups excluding carboxylic acids is 1. The van der Waals surface area contributed by atoms with Gasteiger partial charge in [-0.2, -0.15) is 0 Å². The Morgan fingerprint density at radius 2 is 2.27 bits per heavy atom. The molecule has 1 aliphatic rings. The van der Waals surface area contributed by atoms with E-state index in [2.05, 4.69) is 11.8 Å². The lowest BCUT2D eigenvalue weighted by atomic mass is 10.1. The van der Waals surface area contributed by atoms with Gasteiger partial charge in [0.1, 0.15) is 0 Å². The third-order valence-electron chi connectivity index (χ3n) is 3.03. The minimum atomic E-state index is 0.117. The molecule has 0 bridgehead atoms. The van der Waals surface area contributed by atoms with E-state index in [0.29, 0.717) is 5.78 Å². The second-order valence-corrected chi connectivity index (χ2v) is 4.96. The van der Waals surface area contributed by atoms with E-state index in [0.717, 1.165) is 24.4 Å². The fourth-order valence-corrected chi connectivity index (χ4v) is 2.96. The minimum Gasteiger partial charge on any atom is -0.293 e. The molecule has 2 rings (SSSR count). The smallest absolute Gasteiger partial charge is 0.189 e. The van der Waals surface area contributed by atoms with Crippen molar-refractivity contribution >= 4 is 17.1 Å². The Bertz CT molecular complexity index is 314. The largest absolute Gasteiger partial charge is 0.293 e. The lowest BCUT2D eigenvalue weighted by molar-refractivity contribution is 0.0848. The topological polar surface area (TPSA) is 20.3 Å². The predicted molar refractivity (Wildman–Crippen MR) is 63.5 cm³/mol. The molecule has 1 aliphatic heterocycles. The summed E-state index contributed by atoms with van der Waals surface area (Å²) in [5, 5.41) is 1.98. The first-order valence-corrected chi connectivity index (χ1v) is 6.52. The van der Waals surface area contributed by atoms with Gasteiger partial charge in [0, 0.05) is 0 Å². The normalized spacial score (nSPS) is 19.3. The van der Waals surface area contributed by atoms with Gasteiger partial charge in [-0.3, -0.25) is 9.69 Å². The monoisotopic (exact) mass is 223 g/mol. The second-order valence-electron chi connectivity index (χ2n) is 4.01. The van der Waals surface area contributed by atoms with Crippen LogP contribution in [0.15, 0.2) is 17.5 Å². The average molecular weight is 223 g/mol. The number of ketones is 1. The van der Waals surface area contributed by atoms with Crippen LogP contribution in [0.1, 0.15) is 35.9 Å². The van der Waals surface area contributed by atoms with Crippen LogP contribution >= 0.6 is 11.3 Å². The van der Waals surface area contributed by atoms with E-state index >= 15 is 0 Å². The van der Waals surface area contributed by atoms with E-state index in [1.165, 1.54) is 12.8 Å². The summed E-state index contributed by atoms with van der Waals surface area (Å²) < 4.78 is 0. The van der Waals surface area contributed by atoms with E-state index < -0.39 is 0 Å². The molecule has 1 saturated heterocycles. The molecular formula is C12H17NOS. The molecule has 3 heteroatoms. The van der Waals surface area contributed by atoms with Crippen molar-refractivity contribution in [2.24, 2.45) is 0 Å². The number of nitrogens with zero attached hydrogens (tertiary/aromatic N) is 1. The summed E-state index contributed by atoms with van der Waals surface area (Å²) in [6.45, 7) is 4.29. The molecular weight excluding hydrogens is 206 g/mol. The summed E-state index contributed by atoms with van der Waals surface area (Å²) >= 11 is 1.56. The molecule has 1 atom stereocenters. The van der Waals surface area contributed by atoms with Crippen molar-refractivity contribution < 1.29 is 4.79 Å². The predicted octanol–water partition coefficient (Wildman–Crippen LogP) is 2.81. The highest BCUT2D eigenvalue weighted by molar-refractivity contribution is 7.12. The van der Waals surface area contributed by atoms with E-state index in [1.807, 2.05) is 17.5 Å². The van der Waals surface area contributed by atoms with E-state index in [9.17, 15) is 4.79 Å². The summed E-state index contributed by atoms with van der Waals surface area (Å²) in [5.74, 6) is 0.314. The summed E-state index contributed by atoms with van der Waals surface area (Å²) in [6.07, 6.45) is 3.42. The first-order chi connectivity index (χ1) is 7.33. The molecule has 0 saturated carbocycles. The summed E-state index contributed by atoms with van der Waals surface area (Å²) in [4.78, 5) is 15.4. The van der Waals surface area contributed by atoms with E-state index in [1.54, 1.807) is 11.3 Å². The molecule has 2 heterocycles. The van der Waals surface area contributed by atoms with Crippen LogP contribution in [0.2, 0.25) is 0 Å². The number of rotatable bonds is 4. The molecule has 1 fully saturated rings. The van der Waals surface area contributed by atoms with Crippen LogP contribution in [0.3, 0.4) is 0 Å². The van der Waals surface area contributed by atoms with Crippen molar-refractivity contribution in [1.29, 1.82) is 0 Å². The average Bonchev–Trinajstić information content (AvgIpc) is 2.91. The van der Waals surface area contributed by atoms with Crippen molar-refractivity contribution in [2.45, 2.75) is 32.2 Å². The van der Waals surface area contributed by atoms with Crippen molar-refractivity contribution in [3.63, 3.8) is 0 Å². The number of likely N-dealkylation sites (tertiary alicyclic amines) is 1. The van der Waals surface area contributed by atoms with Gasteiger partial charge in [-0.1, -0.05) is 13.0 Å². The molecule has 1 aromatic rings. The van der Waals surface area contributed by atoms with Crippen LogP contribution in [-0.2, 0) is 0 Å². The summed E-state index contributed by atoms with van der Waals surface area (Å²) in [5.41, 5.74) is 0. The van der Waals surface area contributed by atoms with Crippen LogP contribution in [0, 0.1) is 0 Å². The third-order valence-corrected chi connectivity index (χ3v) is 3.92. The van der Waals surface area contributed by atoms with Gasteiger partial charge in [0.2, 0.25) is 0 Å². The molecule has 0 spiro atoms. The van der Waals surface area contributed by atoms with Crippen molar-refractivity contribution in [1.82, 2.24) is 4.90 Å². The van der Waals surface area contributed by atoms with Gasteiger partial charge in [0.05, 0.1) is 10.9 Å². The zero-order valence-corrected chi connectivity index (χ0v) is 9.93. The highest BCUT2D eigenvalue weighted by Crippen LogP contribution is 2.20. The standard InChI is InChI=1S/C12H17NOS/c1-2-10(13-7-3-4-8-13)12(14)11-6-5-9-15-11/h5-6,9-10H,2-4,7-8H2,1H3/t10-/m1/s1. The first kappa shape index (κ1) is 10.8. The van der Waals surface area contributed by atoms with Crippen LogP contribution in [-0.4, -0.2) is 29.8 Å². The van der Waals surface area contributed by atoms with Gasteiger partial charge < -0.3 is 0 Å². The fraction of sp³-hybridized carbons (Fsp3) is 0.583. The molecule has 1 aromatic heterocycles. The number of carbonyl (C=O) groups is 1. The van der Waals surface area contributed by atoms with E-state index in [4.69, 9.17) is 0 Å². The molecule has 0 aliphatic carbocycles. The molecule has 2 nitrogen and oxygen atoms in total. The highest BCUT2D eigenvalue weighted by atomic mass is 32.1. The van der Waals surface area contributed by atoms with Crippen LogP contribution in [0.4, 0.5) is 0 Å². The Hall–Kier alpha value is -0.670.